The monoisotopic (exact) mass is 354 g/mol. The molecule has 0 saturated carbocycles. The van der Waals surface area contributed by atoms with Gasteiger partial charge in [0.1, 0.15) is 0 Å². The van der Waals surface area contributed by atoms with Gasteiger partial charge in [0.25, 0.3) is 5.91 Å². The summed E-state index contributed by atoms with van der Waals surface area (Å²) >= 11 is 0. The fraction of sp³-hybridized carbons (Fsp3) is 0.312. The van der Waals surface area contributed by atoms with Crippen molar-refractivity contribution in [3.63, 3.8) is 0 Å². The van der Waals surface area contributed by atoms with Crippen LogP contribution in [0.4, 0.5) is 13.2 Å². The molecule has 2 rings (SSSR count). The molecular weight excluding hydrogens is 337 g/mol. The predicted octanol–water partition coefficient (Wildman–Crippen LogP) is 1.61. The number of benzene rings is 1. The number of carbonyl (C=O) groups is 2. The zero-order valence-corrected chi connectivity index (χ0v) is 13.6. The molecule has 25 heavy (non-hydrogen) atoms. The maximum absolute atomic E-state index is 13.0. The smallest absolute Gasteiger partial charge is 0.355 e. The molecule has 1 atom stereocenters. The number of hydrogen-bond donors (Lipinski definition) is 3. The van der Waals surface area contributed by atoms with E-state index in [1.165, 1.54) is 44.6 Å². The highest BCUT2D eigenvalue weighted by molar-refractivity contribution is 6.06. The maximum atomic E-state index is 13.0. The quantitative estimate of drug-likeness (QED) is 0.768. The average molecular weight is 354 g/mol. The van der Waals surface area contributed by atoms with Gasteiger partial charge in [-0.1, -0.05) is 12.1 Å². The second-order valence-electron chi connectivity index (χ2n) is 5.56. The summed E-state index contributed by atoms with van der Waals surface area (Å²) in [4.78, 5) is 27.6. The molecule has 0 aliphatic carbocycles. The third-order valence-corrected chi connectivity index (χ3v) is 3.53. The minimum atomic E-state index is -4.47. The molecule has 0 spiro atoms. The van der Waals surface area contributed by atoms with Crippen molar-refractivity contribution in [2.45, 2.75) is 32.2 Å². The Kier molecular flexibility index (Phi) is 5.15. The number of alkyl halides is 3. The molecule has 6 nitrogen and oxygen atoms in total. The van der Waals surface area contributed by atoms with Gasteiger partial charge in [0.15, 0.2) is 0 Å². The van der Waals surface area contributed by atoms with Crippen molar-refractivity contribution in [1.82, 2.24) is 16.0 Å². The summed E-state index contributed by atoms with van der Waals surface area (Å²) in [5, 5.41) is 7.63. The zero-order valence-electron chi connectivity index (χ0n) is 13.6. The third kappa shape index (κ3) is 4.37. The Morgan fingerprint density at radius 1 is 1.32 bits per heavy atom. The largest absolute Gasteiger partial charge is 0.416 e. The Morgan fingerprint density at radius 3 is 2.60 bits per heavy atom. The molecule has 134 valence electrons. The Bertz CT molecular complexity index is 743. The molecule has 1 aromatic carbocycles. The number of amides is 2. The van der Waals surface area contributed by atoms with Gasteiger partial charge < -0.3 is 16.0 Å². The van der Waals surface area contributed by atoms with Crippen molar-refractivity contribution in [3.8, 4) is 0 Å². The van der Waals surface area contributed by atoms with E-state index in [0.29, 0.717) is 0 Å². The van der Waals surface area contributed by atoms with Crippen LogP contribution in [0.1, 0.15) is 23.6 Å². The van der Waals surface area contributed by atoms with Crippen molar-refractivity contribution in [2.24, 2.45) is 4.99 Å². The van der Waals surface area contributed by atoms with E-state index in [1.807, 2.05) is 0 Å². The topological polar surface area (TPSA) is 82.6 Å². The van der Waals surface area contributed by atoms with E-state index in [4.69, 9.17) is 0 Å². The molecule has 1 unspecified atom stereocenters. The fourth-order valence-corrected chi connectivity index (χ4v) is 2.34. The van der Waals surface area contributed by atoms with Crippen LogP contribution in [0.2, 0.25) is 0 Å². The Morgan fingerprint density at radius 2 is 2.04 bits per heavy atom. The predicted molar refractivity (Wildman–Crippen MR) is 85.3 cm³/mol. The fourth-order valence-electron chi connectivity index (χ4n) is 2.34. The van der Waals surface area contributed by atoms with Gasteiger partial charge in [-0.25, -0.2) is 0 Å². The number of nitrogens with one attached hydrogen (secondary N) is 3. The standard InChI is InChI=1S/C16H17F3N4O2/c1-10-3-4-12(7-13(10)16(17,18)19)8-21-14(25)15(23-11(2)24)9-20-5-6-22-15/h3-7,9,22H,8H2,1-2H3,(H,21,25)(H,23,24). The first-order valence-corrected chi connectivity index (χ1v) is 7.35. The lowest BCUT2D eigenvalue weighted by Gasteiger charge is -2.30. The molecule has 1 aliphatic rings. The van der Waals surface area contributed by atoms with Crippen molar-refractivity contribution >= 4 is 18.0 Å². The Labute approximate surface area is 142 Å². The van der Waals surface area contributed by atoms with E-state index in [9.17, 15) is 22.8 Å². The van der Waals surface area contributed by atoms with Gasteiger partial charge in [-0.2, -0.15) is 13.2 Å². The van der Waals surface area contributed by atoms with Gasteiger partial charge in [-0.3, -0.25) is 14.6 Å². The van der Waals surface area contributed by atoms with Crippen LogP contribution in [0, 0.1) is 6.92 Å². The molecule has 2 amide bonds. The van der Waals surface area contributed by atoms with Crippen molar-refractivity contribution in [3.05, 3.63) is 47.3 Å². The van der Waals surface area contributed by atoms with Gasteiger partial charge in [0.05, 0.1) is 11.8 Å². The van der Waals surface area contributed by atoms with Crippen LogP contribution in [-0.4, -0.2) is 23.7 Å². The molecular formula is C16H17F3N4O2. The zero-order chi connectivity index (χ0) is 18.7. The minimum Gasteiger partial charge on any atom is -0.355 e. The molecule has 9 heteroatoms. The number of hydrogen-bond acceptors (Lipinski definition) is 4. The van der Waals surface area contributed by atoms with Gasteiger partial charge in [-0.05, 0) is 24.1 Å². The van der Waals surface area contributed by atoms with Crippen LogP contribution in [0.5, 0.6) is 0 Å². The van der Waals surface area contributed by atoms with Crippen LogP contribution >= 0.6 is 0 Å². The lowest BCUT2D eigenvalue weighted by atomic mass is 10.0. The van der Waals surface area contributed by atoms with Crippen LogP contribution < -0.4 is 16.0 Å². The number of halogens is 3. The number of nitrogens with zero attached hydrogens (tertiary/aromatic N) is 1. The Hall–Kier alpha value is -2.84. The van der Waals surface area contributed by atoms with Crippen LogP contribution in [0.25, 0.3) is 0 Å². The van der Waals surface area contributed by atoms with E-state index in [2.05, 4.69) is 20.9 Å². The summed E-state index contributed by atoms with van der Waals surface area (Å²) < 4.78 is 38.9. The van der Waals surface area contributed by atoms with Gasteiger partial charge in [0, 0.05) is 25.9 Å². The van der Waals surface area contributed by atoms with Crippen molar-refractivity contribution in [2.75, 3.05) is 0 Å². The Balaban J connectivity index is 2.14. The summed E-state index contributed by atoms with van der Waals surface area (Å²) in [6.07, 6.45) is -0.490. The second-order valence-corrected chi connectivity index (χ2v) is 5.56. The maximum Gasteiger partial charge on any atom is 0.416 e. The van der Waals surface area contributed by atoms with Gasteiger partial charge in [0.2, 0.25) is 11.6 Å². The molecule has 0 aromatic heterocycles. The first kappa shape index (κ1) is 18.5. The van der Waals surface area contributed by atoms with E-state index < -0.39 is 29.2 Å². The van der Waals surface area contributed by atoms with E-state index >= 15 is 0 Å². The highest BCUT2D eigenvalue weighted by Crippen LogP contribution is 2.32. The molecule has 3 N–H and O–H groups in total. The molecule has 1 heterocycles. The van der Waals surface area contributed by atoms with Gasteiger partial charge >= 0.3 is 6.18 Å². The lowest BCUT2D eigenvalue weighted by Crippen LogP contribution is -2.67. The molecule has 0 bridgehead atoms. The highest BCUT2D eigenvalue weighted by atomic mass is 19.4. The van der Waals surface area contributed by atoms with Crippen LogP contribution in [0.15, 0.2) is 35.6 Å². The molecule has 0 saturated heterocycles. The number of rotatable bonds is 4. The molecule has 0 fully saturated rings. The van der Waals surface area contributed by atoms with E-state index in [0.717, 1.165) is 6.07 Å². The molecule has 1 aliphatic heterocycles. The van der Waals surface area contributed by atoms with Gasteiger partial charge in [-0.15, -0.1) is 0 Å². The van der Waals surface area contributed by atoms with E-state index in [1.54, 1.807) is 0 Å². The summed E-state index contributed by atoms with van der Waals surface area (Å²) in [6, 6.07) is 3.83. The number of carbonyl (C=O) groups excluding carboxylic acids is 2. The SMILES string of the molecule is CC(=O)NC1(C(=O)NCc2ccc(C)c(C(F)(F)F)c2)C=NC=CN1. The van der Waals surface area contributed by atoms with Crippen LogP contribution in [-0.2, 0) is 22.3 Å². The number of aryl methyl sites for hydroxylation is 1. The second kappa shape index (κ2) is 6.96. The highest BCUT2D eigenvalue weighted by Gasteiger charge is 2.38. The number of aliphatic imine (C=N–C) groups is 1. The van der Waals surface area contributed by atoms with Crippen LogP contribution in [0.3, 0.4) is 0 Å². The minimum absolute atomic E-state index is 0.100. The summed E-state index contributed by atoms with van der Waals surface area (Å²) in [6.45, 7) is 2.47. The lowest BCUT2D eigenvalue weighted by molar-refractivity contribution is -0.138. The summed E-state index contributed by atoms with van der Waals surface area (Å²) in [7, 11) is 0. The van der Waals surface area contributed by atoms with E-state index in [-0.39, 0.29) is 17.7 Å². The first-order valence-electron chi connectivity index (χ1n) is 7.35. The average Bonchev–Trinajstić information content (AvgIpc) is 2.53. The molecule has 1 aromatic rings. The normalized spacial score (nSPS) is 19.2. The van der Waals surface area contributed by atoms with Crippen molar-refractivity contribution in [1.29, 1.82) is 0 Å². The molecule has 0 radical (unpaired) electrons. The summed E-state index contributed by atoms with van der Waals surface area (Å²) in [5.41, 5.74) is -1.95. The summed E-state index contributed by atoms with van der Waals surface area (Å²) in [5.74, 6) is -1.12. The first-order chi connectivity index (χ1) is 11.6. The third-order valence-electron chi connectivity index (χ3n) is 3.53. The van der Waals surface area contributed by atoms with Crippen molar-refractivity contribution < 1.29 is 22.8 Å².